The number of nitrogens with one attached hydrogen (secondary N) is 1. The molecule has 0 aliphatic carbocycles. The highest BCUT2D eigenvalue weighted by Gasteiger charge is 2.26. The number of hydrogen-bond acceptors (Lipinski definition) is 2. The number of halogens is 1. The molecular weight excluding hydrogens is 236 g/mol. The summed E-state index contributed by atoms with van der Waals surface area (Å²) in [4.78, 5) is 16.1. The molecule has 1 aromatic rings. The molecule has 0 bridgehead atoms. The van der Waals surface area contributed by atoms with Gasteiger partial charge in [-0.25, -0.2) is 0 Å². The molecule has 1 rings (SSSR count). The van der Waals surface area contributed by atoms with Gasteiger partial charge < -0.3 is 5.32 Å². The zero-order valence-corrected chi connectivity index (χ0v) is 11.3. The van der Waals surface area contributed by atoms with Crippen molar-refractivity contribution in [3.63, 3.8) is 0 Å². The molecule has 0 unspecified atom stereocenters. The largest absolute Gasteiger partial charge is 0.350 e. The Morgan fingerprint density at radius 1 is 1.53 bits per heavy atom. The lowest BCUT2D eigenvalue weighted by Gasteiger charge is -2.20. The minimum Gasteiger partial charge on any atom is -0.350 e. The van der Waals surface area contributed by atoms with Crippen LogP contribution in [0, 0.1) is 5.41 Å². The molecule has 0 saturated carbocycles. The van der Waals surface area contributed by atoms with Crippen molar-refractivity contribution in [2.45, 2.75) is 33.7 Å². The van der Waals surface area contributed by atoms with Gasteiger partial charge >= 0.3 is 0 Å². The van der Waals surface area contributed by atoms with Gasteiger partial charge in [0.05, 0.1) is 17.7 Å². The Morgan fingerprint density at radius 2 is 2.24 bits per heavy atom. The van der Waals surface area contributed by atoms with Gasteiger partial charge in [0.2, 0.25) is 5.91 Å². The van der Waals surface area contributed by atoms with Crippen LogP contribution >= 0.6 is 11.6 Å². The van der Waals surface area contributed by atoms with Gasteiger partial charge in [0.1, 0.15) is 0 Å². The van der Waals surface area contributed by atoms with Crippen molar-refractivity contribution in [3.05, 3.63) is 29.6 Å². The van der Waals surface area contributed by atoms with E-state index in [-0.39, 0.29) is 5.91 Å². The summed E-state index contributed by atoms with van der Waals surface area (Å²) in [5.41, 5.74) is 1.55. The Balaban J connectivity index is 2.65. The van der Waals surface area contributed by atoms with Gasteiger partial charge in [-0.15, -0.1) is 11.6 Å². The summed E-state index contributed by atoms with van der Waals surface area (Å²) >= 11 is 5.75. The Hall–Kier alpha value is -1.09. The van der Waals surface area contributed by atoms with Crippen LogP contribution < -0.4 is 5.32 Å². The van der Waals surface area contributed by atoms with Gasteiger partial charge in [0, 0.05) is 12.1 Å². The topological polar surface area (TPSA) is 42.0 Å². The molecule has 0 fully saturated rings. The van der Waals surface area contributed by atoms with Crippen molar-refractivity contribution in [1.82, 2.24) is 10.3 Å². The van der Waals surface area contributed by atoms with E-state index in [9.17, 15) is 4.79 Å². The highest BCUT2D eigenvalue weighted by Crippen LogP contribution is 2.17. The number of pyridine rings is 1. The van der Waals surface area contributed by atoms with E-state index in [1.807, 2.05) is 26.0 Å². The van der Waals surface area contributed by atoms with Gasteiger partial charge in [-0.1, -0.05) is 13.0 Å². The quantitative estimate of drug-likeness (QED) is 0.821. The maximum atomic E-state index is 11.8. The SMILES string of the molecule is CCc1cccnc1CNC(=O)C(C)(C)CCl. The molecule has 0 aliphatic heterocycles. The van der Waals surface area contributed by atoms with Crippen LogP contribution in [0.25, 0.3) is 0 Å². The Bertz CT molecular complexity index is 391. The van der Waals surface area contributed by atoms with Crippen LogP contribution in [0.2, 0.25) is 0 Å². The molecule has 1 heterocycles. The van der Waals surface area contributed by atoms with Crippen molar-refractivity contribution in [2.75, 3.05) is 5.88 Å². The number of aryl methyl sites for hydroxylation is 1. The maximum absolute atomic E-state index is 11.8. The first-order valence-electron chi connectivity index (χ1n) is 5.78. The Morgan fingerprint density at radius 3 is 2.82 bits per heavy atom. The third kappa shape index (κ3) is 3.70. The molecule has 0 aliphatic rings. The summed E-state index contributed by atoms with van der Waals surface area (Å²) < 4.78 is 0. The van der Waals surface area contributed by atoms with Crippen LogP contribution in [-0.2, 0) is 17.8 Å². The molecule has 94 valence electrons. The van der Waals surface area contributed by atoms with Gasteiger partial charge in [0.15, 0.2) is 0 Å². The van der Waals surface area contributed by atoms with Crippen LogP contribution in [0.5, 0.6) is 0 Å². The molecule has 1 N–H and O–H groups in total. The lowest BCUT2D eigenvalue weighted by molar-refractivity contribution is -0.128. The predicted octanol–water partition coefficient (Wildman–Crippen LogP) is 2.53. The second kappa shape index (κ2) is 6.01. The first kappa shape index (κ1) is 14.0. The number of carbonyl (C=O) groups excluding carboxylic acids is 1. The van der Waals surface area contributed by atoms with Crippen molar-refractivity contribution in [2.24, 2.45) is 5.41 Å². The molecule has 0 radical (unpaired) electrons. The average molecular weight is 255 g/mol. The Labute approximate surface area is 108 Å². The highest BCUT2D eigenvalue weighted by atomic mass is 35.5. The van der Waals surface area contributed by atoms with Crippen molar-refractivity contribution in [3.8, 4) is 0 Å². The zero-order valence-electron chi connectivity index (χ0n) is 10.6. The van der Waals surface area contributed by atoms with E-state index < -0.39 is 5.41 Å². The predicted molar refractivity (Wildman–Crippen MR) is 70.0 cm³/mol. The normalized spacial score (nSPS) is 11.3. The van der Waals surface area contributed by atoms with Crippen LogP contribution in [-0.4, -0.2) is 16.8 Å². The standard InChI is InChI=1S/C13H19ClN2O/c1-4-10-6-5-7-15-11(10)8-16-12(17)13(2,3)9-14/h5-7H,4,8-9H2,1-3H3,(H,16,17). The number of rotatable bonds is 5. The number of alkyl halides is 1. The fourth-order valence-corrected chi connectivity index (χ4v) is 1.54. The van der Waals surface area contributed by atoms with E-state index in [2.05, 4.69) is 17.2 Å². The van der Waals surface area contributed by atoms with E-state index in [4.69, 9.17) is 11.6 Å². The van der Waals surface area contributed by atoms with E-state index in [1.54, 1.807) is 6.20 Å². The summed E-state index contributed by atoms with van der Waals surface area (Å²) in [6.07, 6.45) is 2.66. The third-order valence-corrected chi connectivity index (χ3v) is 3.40. The van der Waals surface area contributed by atoms with Gasteiger partial charge in [-0.2, -0.15) is 0 Å². The molecule has 0 atom stereocenters. The number of aromatic nitrogens is 1. The zero-order chi connectivity index (χ0) is 12.9. The first-order chi connectivity index (χ1) is 8.01. The summed E-state index contributed by atoms with van der Waals surface area (Å²) in [6.45, 7) is 6.19. The maximum Gasteiger partial charge on any atom is 0.227 e. The fraction of sp³-hybridized carbons (Fsp3) is 0.538. The lowest BCUT2D eigenvalue weighted by atomic mass is 9.95. The molecular formula is C13H19ClN2O. The second-order valence-electron chi connectivity index (χ2n) is 4.66. The van der Waals surface area contributed by atoms with Crippen LogP contribution in [0.1, 0.15) is 32.0 Å². The third-order valence-electron chi connectivity index (χ3n) is 2.73. The molecule has 4 heteroatoms. The average Bonchev–Trinajstić information content (AvgIpc) is 2.36. The molecule has 0 spiro atoms. The van der Waals surface area contributed by atoms with E-state index in [0.29, 0.717) is 12.4 Å². The molecule has 0 aromatic carbocycles. The molecule has 1 aromatic heterocycles. The number of amides is 1. The summed E-state index contributed by atoms with van der Waals surface area (Å²) in [7, 11) is 0. The highest BCUT2D eigenvalue weighted by molar-refractivity contribution is 6.19. The summed E-state index contributed by atoms with van der Waals surface area (Å²) in [5.74, 6) is 0.266. The van der Waals surface area contributed by atoms with E-state index in [1.165, 1.54) is 0 Å². The lowest BCUT2D eigenvalue weighted by Crippen LogP contribution is -2.38. The fourth-order valence-electron chi connectivity index (χ4n) is 1.42. The minimum atomic E-state index is -0.539. The van der Waals surface area contributed by atoms with Crippen LogP contribution in [0.15, 0.2) is 18.3 Å². The van der Waals surface area contributed by atoms with Crippen LogP contribution in [0.3, 0.4) is 0 Å². The molecule has 3 nitrogen and oxygen atoms in total. The van der Waals surface area contributed by atoms with Crippen molar-refractivity contribution in [1.29, 1.82) is 0 Å². The van der Waals surface area contributed by atoms with Gasteiger partial charge in [-0.05, 0) is 31.9 Å². The summed E-state index contributed by atoms with van der Waals surface area (Å²) in [6, 6.07) is 3.94. The van der Waals surface area contributed by atoms with Crippen LogP contribution in [0.4, 0.5) is 0 Å². The smallest absolute Gasteiger partial charge is 0.227 e. The number of nitrogens with zero attached hydrogens (tertiary/aromatic N) is 1. The molecule has 1 amide bonds. The van der Waals surface area contributed by atoms with Crippen molar-refractivity contribution < 1.29 is 4.79 Å². The summed E-state index contributed by atoms with van der Waals surface area (Å²) in [5, 5.41) is 2.88. The van der Waals surface area contributed by atoms with Gasteiger partial charge in [-0.3, -0.25) is 9.78 Å². The monoisotopic (exact) mass is 254 g/mol. The second-order valence-corrected chi connectivity index (χ2v) is 4.93. The Kier molecular flexibility index (Phi) is 4.94. The van der Waals surface area contributed by atoms with Crippen molar-refractivity contribution >= 4 is 17.5 Å². The van der Waals surface area contributed by atoms with E-state index >= 15 is 0 Å². The molecule has 17 heavy (non-hydrogen) atoms. The first-order valence-corrected chi connectivity index (χ1v) is 6.31. The number of hydrogen-bond donors (Lipinski definition) is 1. The minimum absolute atomic E-state index is 0.0415. The number of carbonyl (C=O) groups is 1. The molecule has 0 saturated heterocycles. The van der Waals surface area contributed by atoms with E-state index in [0.717, 1.165) is 17.7 Å². The van der Waals surface area contributed by atoms with Gasteiger partial charge in [0.25, 0.3) is 0 Å².